The molecule has 0 saturated heterocycles. The summed E-state index contributed by atoms with van der Waals surface area (Å²) in [5, 5.41) is 10.2. The highest BCUT2D eigenvalue weighted by Gasteiger charge is 2.16. The topological polar surface area (TPSA) is 133 Å². The zero-order valence-corrected chi connectivity index (χ0v) is 16.6. The Morgan fingerprint density at radius 2 is 1.62 bits per heavy atom. The van der Waals surface area contributed by atoms with Gasteiger partial charge in [0.25, 0.3) is 5.91 Å². The first-order valence-corrected chi connectivity index (χ1v) is 9.76. The number of aromatic nitrogens is 2. The molecular formula is C18H18N4O6S. The molecule has 10 nitrogen and oxygen atoms in total. The summed E-state index contributed by atoms with van der Waals surface area (Å²) in [6, 6.07) is 10.4. The van der Waals surface area contributed by atoms with Crippen molar-refractivity contribution < 1.29 is 27.1 Å². The summed E-state index contributed by atoms with van der Waals surface area (Å²) in [7, 11) is 0.763. The van der Waals surface area contributed by atoms with E-state index in [4.69, 9.17) is 13.9 Å². The third kappa shape index (κ3) is 4.52. The minimum atomic E-state index is -3.58. The van der Waals surface area contributed by atoms with Crippen LogP contribution in [0.25, 0.3) is 11.5 Å². The Labute approximate surface area is 166 Å². The smallest absolute Gasteiger partial charge is 0.322 e. The predicted octanol–water partition coefficient (Wildman–Crippen LogP) is 1.91. The molecule has 0 atom stereocenters. The molecule has 3 aromatic rings. The molecule has 0 spiro atoms. The van der Waals surface area contributed by atoms with Crippen LogP contribution in [0.2, 0.25) is 0 Å². The summed E-state index contributed by atoms with van der Waals surface area (Å²) in [5.74, 6) is 0.712. The van der Waals surface area contributed by atoms with Gasteiger partial charge in [-0.2, -0.15) is 0 Å². The van der Waals surface area contributed by atoms with Crippen LogP contribution in [-0.2, 0) is 10.0 Å². The van der Waals surface area contributed by atoms with Gasteiger partial charge in [0, 0.05) is 17.2 Å². The molecule has 0 fully saturated rings. The predicted molar refractivity (Wildman–Crippen MR) is 103 cm³/mol. The third-order valence-electron chi connectivity index (χ3n) is 3.94. The molecule has 0 unspecified atom stereocenters. The fraction of sp³-hybridized carbons (Fsp3) is 0.167. The number of ether oxygens (including phenoxy) is 2. The van der Waals surface area contributed by atoms with Crippen LogP contribution in [0.3, 0.4) is 0 Å². The minimum Gasteiger partial charge on any atom is -0.497 e. The fourth-order valence-electron chi connectivity index (χ4n) is 2.39. The van der Waals surface area contributed by atoms with E-state index in [1.54, 1.807) is 18.2 Å². The molecule has 1 heterocycles. The lowest BCUT2D eigenvalue weighted by molar-refractivity contribution is 0.102. The van der Waals surface area contributed by atoms with Crippen molar-refractivity contribution in [1.82, 2.24) is 14.9 Å². The van der Waals surface area contributed by atoms with Gasteiger partial charge in [-0.25, -0.2) is 13.1 Å². The Hall–Kier alpha value is -3.44. The number of anilines is 1. The largest absolute Gasteiger partial charge is 0.497 e. The van der Waals surface area contributed by atoms with E-state index in [9.17, 15) is 13.2 Å². The number of hydrogen-bond donors (Lipinski definition) is 2. The second kappa shape index (κ2) is 8.29. The van der Waals surface area contributed by atoms with Crippen LogP contribution >= 0.6 is 0 Å². The lowest BCUT2D eigenvalue weighted by Gasteiger charge is -2.06. The van der Waals surface area contributed by atoms with E-state index in [0.717, 1.165) is 0 Å². The first-order chi connectivity index (χ1) is 13.9. The number of methoxy groups -OCH3 is 2. The minimum absolute atomic E-state index is 0.0450. The number of nitrogens with one attached hydrogen (secondary N) is 2. The molecule has 0 radical (unpaired) electrons. The lowest BCUT2D eigenvalue weighted by Crippen LogP contribution is -2.19. The van der Waals surface area contributed by atoms with Crippen LogP contribution < -0.4 is 19.5 Å². The Morgan fingerprint density at radius 3 is 2.17 bits per heavy atom. The molecule has 0 aliphatic rings. The summed E-state index contributed by atoms with van der Waals surface area (Å²) >= 11 is 0. The molecule has 0 bridgehead atoms. The normalized spacial score (nSPS) is 11.1. The van der Waals surface area contributed by atoms with E-state index in [1.165, 1.54) is 45.5 Å². The summed E-state index contributed by atoms with van der Waals surface area (Å²) in [6.45, 7) is 0. The number of amides is 1. The van der Waals surface area contributed by atoms with Crippen molar-refractivity contribution in [2.24, 2.45) is 0 Å². The van der Waals surface area contributed by atoms with Crippen molar-refractivity contribution >= 4 is 21.9 Å². The molecular weight excluding hydrogens is 400 g/mol. The van der Waals surface area contributed by atoms with Gasteiger partial charge in [0.15, 0.2) is 0 Å². The van der Waals surface area contributed by atoms with Crippen molar-refractivity contribution in [1.29, 1.82) is 0 Å². The van der Waals surface area contributed by atoms with Crippen molar-refractivity contribution in [2.45, 2.75) is 4.90 Å². The number of hydrogen-bond acceptors (Lipinski definition) is 8. The van der Waals surface area contributed by atoms with E-state index >= 15 is 0 Å². The van der Waals surface area contributed by atoms with Gasteiger partial charge >= 0.3 is 6.01 Å². The molecule has 1 amide bonds. The number of carbonyl (C=O) groups is 1. The Bertz CT molecular complexity index is 1100. The van der Waals surface area contributed by atoms with Gasteiger partial charge in [0.1, 0.15) is 11.5 Å². The standard InChI is InChI=1S/C18H18N4O6S/c1-19-29(24,25)15-6-4-11(5-7-15)16(23)20-18-22-21-17(28-18)12-8-13(26-2)10-14(9-12)27-3/h4-10,19H,1-3H3,(H,20,22,23). The highest BCUT2D eigenvalue weighted by molar-refractivity contribution is 7.89. The average molecular weight is 418 g/mol. The zero-order chi connectivity index (χ0) is 21.0. The van der Waals surface area contributed by atoms with Gasteiger partial charge < -0.3 is 13.9 Å². The van der Waals surface area contributed by atoms with Crippen LogP contribution in [0, 0.1) is 0 Å². The van der Waals surface area contributed by atoms with Gasteiger partial charge in [0.2, 0.25) is 15.9 Å². The number of benzene rings is 2. The van der Waals surface area contributed by atoms with Gasteiger partial charge in [-0.3, -0.25) is 10.1 Å². The first kappa shape index (κ1) is 20.3. The second-order valence-corrected chi connectivity index (χ2v) is 7.59. The number of nitrogens with zero attached hydrogens (tertiary/aromatic N) is 2. The lowest BCUT2D eigenvalue weighted by atomic mass is 10.2. The van der Waals surface area contributed by atoms with Crippen molar-refractivity contribution in [3.63, 3.8) is 0 Å². The number of rotatable bonds is 7. The molecule has 2 aromatic carbocycles. The van der Waals surface area contributed by atoms with Crippen molar-refractivity contribution in [2.75, 3.05) is 26.6 Å². The monoisotopic (exact) mass is 418 g/mol. The number of sulfonamides is 1. The molecule has 1 aromatic heterocycles. The van der Waals surface area contributed by atoms with E-state index < -0.39 is 15.9 Å². The molecule has 2 N–H and O–H groups in total. The fourth-order valence-corrected chi connectivity index (χ4v) is 3.12. The highest BCUT2D eigenvalue weighted by Crippen LogP contribution is 2.29. The van der Waals surface area contributed by atoms with Gasteiger partial charge in [0.05, 0.1) is 19.1 Å². The molecule has 152 valence electrons. The van der Waals surface area contributed by atoms with Crippen LogP contribution in [-0.4, -0.2) is 45.8 Å². The maximum absolute atomic E-state index is 12.3. The molecule has 0 saturated carbocycles. The van der Waals surface area contributed by atoms with E-state index in [1.807, 2.05) is 0 Å². The van der Waals surface area contributed by atoms with Crippen LogP contribution in [0.5, 0.6) is 11.5 Å². The van der Waals surface area contributed by atoms with Crippen LogP contribution in [0.1, 0.15) is 10.4 Å². The van der Waals surface area contributed by atoms with Gasteiger partial charge in [-0.05, 0) is 43.4 Å². The molecule has 3 rings (SSSR count). The Balaban J connectivity index is 1.77. The number of carbonyl (C=O) groups excluding carboxylic acids is 1. The van der Waals surface area contributed by atoms with Gasteiger partial charge in [-0.1, -0.05) is 5.10 Å². The van der Waals surface area contributed by atoms with E-state index in [2.05, 4.69) is 20.2 Å². The zero-order valence-electron chi connectivity index (χ0n) is 15.8. The SMILES string of the molecule is CNS(=O)(=O)c1ccc(C(=O)Nc2nnc(-c3cc(OC)cc(OC)c3)o2)cc1. The van der Waals surface area contributed by atoms with Crippen LogP contribution in [0.15, 0.2) is 51.8 Å². The molecule has 11 heteroatoms. The van der Waals surface area contributed by atoms with Crippen LogP contribution in [0.4, 0.5) is 6.01 Å². The summed E-state index contributed by atoms with van der Waals surface area (Å²) < 4.78 is 41.6. The maximum atomic E-state index is 12.3. The second-order valence-electron chi connectivity index (χ2n) is 5.70. The average Bonchev–Trinajstić information content (AvgIpc) is 3.21. The Morgan fingerprint density at radius 1 is 1.00 bits per heavy atom. The summed E-state index contributed by atoms with van der Waals surface area (Å²) in [4.78, 5) is 12.4. The summed E-state index contributed by atoms with van der Waals surface area (Å²) in [6.07, 6.45) is 0. The third-order valence-corrected chi connectivity index (χ3v) is 5.37. The molecule has 0 aliphatic carbocycles. The van der Waals surface area contributed by atoms with Gasteiger partial charge in [-0.15, -0.1) is 5.10 Å². The first-order valence-electron chi connectivity index (χ1n) is 8.28. The maximum Gasteiger partial charge on any atom is 0.322 e. The summed E-state index contributed by atoms with van der Waals surface area (Å²) in [5.41, 5.74) is 0.777. The molecule has 29 heavy (non-hydrogen) atoms. The quantitative estimate of drug-likeness (QED) is 0.595. The van der Waals surface area contributed by atoms with E-state index in [-0.39, 0.29) is 22.4 Å². The Kier molecular flexibility index (Phi) is 5.80. The molecule has 0 aliphatic heterocycles. The van der Waals surface area contributed by atoms with Crippen molar-refractivity contribution in [3.05, 3.63) is 48.0 Å². The highest BCUT2D eigenvalue weighted by atomic mass is 32.2. The van der Waals surface area contributed by atoms with Crippen molar-refractivity contribution in [3.8, 4) is 23.0 Å². The van der Waals surface area contributed by atoms with E-state index in [0.29, 0.717) is 17.1 Å².